The standard InChI is InChI=1S/C16H19N/c1-12-16(2,10-11-17-12)15-9-5-7-13-6-3-4-8-14(13)15/h3-9,12,17H,10-11H2,1-2H3. The zero-order valence-corrected chi connectivity index (χ0v) is 10.5. The molecule has 0 saturated carbocycles. The molecule has 2 unspecified atom stereocenters. The molecule has 1 N–H and O–H groups in total. The second-order valence-electron chi connectivity index (χ2n) is 5.37. The third-order valence-electron chi connectivity index (χ3n) is 4.46. The van der Waals surface area contributed by atoms with E-state index < -0.39 is 0 Å². The Morgan fingerprint density at radius 1 is 1.12 bits per heavy atom. The molecule has 0 amide bonds. The molecule has 1 heteroatoms. The van der Waals surface area contributed by atoms with Crippen LogP contribution in [0.2, 0.25) is 0 Å². The monoisotopic (exact) mass is 225 g/mol. The average molecular weight is 225 g/mol. The van der Waals surface area contributed by atoms with Crippen molar-refractivity contribution in [1.82, 2.24) is 5.32 Å². The summed E-state index contributed by atoms with van der Waals surface area (Å²) in [6, 6.07) is 16.0. The van der Waals surface area contributed by atoms with E-state index in [4.69, 9.17) is 0 Å². The lowest BCUT2D eigenvalue weighted by atomic mass is 9.75. The molecule has 1 heterocycles. The first-order valence-corrected chi connectivity index (χ1v) is 6.43. The maximum atomic E-state index is 3.57. The summed E-state index contributed by atoms with van der Waals surface area (Å²) >= 11 is 0. The number of benzene rings is 2. The highest BCUT2D eigenvalue weighted by molar-refractivity contribution is 5.86. The lowest BCUT2D eigenvalue weighted by molar-refractivity contribution is 0.430. The summed E-state index contributed by atoms with van der Waals surface area (Å²) in [6.45, 7) is 5.81. The van der Waals surface area contributed by atoms with E-state index >= 15 is 0 Å². The molecule has 0 spiro atoms. The van der Waals surface area contributed by atoms with Gasteiger partial charge in [0.15, 0.2) is 0 Å². The van der Waals surface area contributed by atoms with Gasteiger partial charge in [-0.2, -0.15) is 0 Å². The molecular formula is C16H19N. The van der Waals surface area contributed by atoms with Gasteiger partial charge in [-0.05, 0) is 36.2 Å². The third kappa shape index (κ3) is 1.57. The largest absolute Gasteiger partial charge is 0.313 e. The van der Waals surface area contributed by atoms with Gasteiger partial charge in [0.1, 0.15) is 0 Å². The molecule has 2 aromatic carbocycles. The van der Waals surface area contributed by atoms with Crippen molar-refractivity contribution < 1.29 is 0 Å². The van der Waals surface area contributed by atoms with Crippen LogP contribution in [0, 0.1) is 0 Å². The molecule has 2 atom stereocenters. The van der Waals surface area contributed by atoms with Crippen LogP contribution in [0.1, 0.15) is 25.8 Å². The summed E-state index contributed by atoms with van der Waals surface area (Å²) in [5.74, 6) is 0. The second kappa shape index (κ2) is 3.85. The van der Waals surface area contributed by atoms with Crippen molar-refractivity contribution >= 4 is 10.8 Å². The van der Waals surface area contributed by atoms with E-state index in [1.165, 1.54) is 22.8 Å². The van der Waals surface area contributed by atoms with Crippen molar-refractivity contribution in [2.75, 3.05) is 6.54 Å². The molecule has 0 aliphatic carbocycles. The minimum Gasteiger partial charge on any atom is -0.313 e. The summed E-state index contributed by atoms with van der Waals surface area (Å²) in [5.41, 5.74) is 1.76. The van der Waals surface area contributed by atoms with Gasteiger partial charge < -0.3 is 5.32 Å². The second-order valence-corrected chi connectivity index (χ2v) is 5.37. The van der Waals surface area contributed by atoms with Crippen molar-refractivity contribution in [3.63, 3.8) is 0 Å². The Bertz CT molecular complexity index is 541. The Morgan fingerprint density at radius 2 is 1.88 bits per heavy atom. The van der Waals surface area contributed by atoms with Gasteiger partial charge in [-0.15, -0.1) is 0 Å². The number of fused-ring (bicyclic) bond motifs is 1. The predicted octanol–water partition coefficient (Wildman–Crippen LogP) is 3.48. The highest BCUT2D eigenvalue weighted by atomic mass is 15.0. The molecule has 0 bridgehead atoms. The molecule has 1 aliphatic heterocycles. The van der Waals surface area contributed by atoms with Crippen molar-refractivity contribution in [3.05, 3.63) is 48.0 Å². The van der Waals surface area contributed by atoms with Crippen LogP contribution in [0.25, 0.3) is 10.8 Å². The molecule has 1 aliphatic rings. The summed E-state index contributed by atoms with van der Waals surface area (Å²) in [4.78, 5) is 0. The van der Waals surface area contributed by atoms with Crippen molar-refractivity contribution in [1.29, 1.82) is 0 Å². The van der Waals surface area contributed by atoms with Crippen LogP contribution >= 0.6 is 0 Å². The van der Waals surface area contributed by atoms with E-state index in [0.717, 1.165) is 6.54 Å². The van der Waals surface area contributed by atoms with Gasteiger partial charge in [-0.3, -0.25) is 0 Å². The fourth-order valence-electron chi connectivity index (χ4n) is 3.08. The summed E-state index contributed by atoms with van der Waals surface area (Å²) in [6.07, 6.45) is 1.22. The first-order valence-electron chi connectivity index (χ1n) is 6.43. The topological polar surface area (TPSA) is 12.0 Å². The van der Waals surface area contributed by atoms with Gasteiger partial charge in [-0.1, -0.05) is 49.4 Å². The number of hydrogen-bond donors (Lipinski definition) is 1. The molecule has 3 rings (SSSR count). The Morgan fingerprint density at radius 3 is 2.65 bits per heavy atom. The van der Waals surface area contributed by atoms with Crippen molar-refractivity contribution in [3.8, 4) is 0 Å². The van der Waals surface area contributed by atoms with E-state index in [0.29, 0.717) is 6.04 Å². The predicted molar refractivity (Wildman–Crippen MR) is 73.4 cm³/mol. The molecule has 88 valence electrons. The van der Waals surface area contributed by atoms with Gasteiger partial charge in [0.25, 0.3) is 0 Å². The van der Waals surface area contributed by atoms with Gasteiger partial charge in [0.2, 0.25) is 0 Å². The molecule has 1 nitrogen and oxygen atoms in total. The van der Waals surface area contributed by atoms with Crippen molar-refractivity contribution in [2.24, 2.45) is 0 Å². The van der Waals surface area contributed by atoms with Gasteiger partial charge >= 0.3 is 0 Å². The number of hydrogen-bond acceptors (Lipinski definition) is 1. The van der Waals surface area contributed by atoms with Gasteiger partial charge in [0, 0.05) is 11.5 Å². The molecule has 1 fully saturated rings. The Kier molecular flexibility index (Phi) is 2.44. The number of rotatable bonds is 1. The van der Waals surface area contributed by atoms with Crippen LogP contribution in [0.4, 0.5) is 0 Å². The lowest BCUT2D eigenvalue weighted by Gasteiger charge is -2.30. The van der Waals surface area contributed by atoms with E-state index in [-0.39, 0.29) is 5.41 Å². The van der Waals surface area contributed by atoms with E-state index in [1.54, 1.807) is 0 Å². The lowest BCUT2D eigenvalue weighted by Crippen LogP contribution is -2.35. The number of nitrogens with one attached hydrogen (secondary N) is 1. The summed E-state index contributed by atoms with van der Waals surface area (Å²) in [7, 11) is 0. The minimum atomic E-state index is 0.265. The third-order valence-corrected chi connectivity index (χ3v) is 4.46. The SMILES string of the molecule is CC1NCCC1(C)c1cccc2ccccc12. The van der Waals surface area contributed by atoms with Crippen LogP contribution in [0.3, 0.4) is 0 Å². The molecule has 1 saturated heterocycles. The van der Waals surface area contributed by atoms with E-state index in [9.17, 15) is 0 Å². The van der Waals surface area contributed by atoms with E-state index in [2.05, 4.69) is 61.6 Å². The molecule has 2 aromatic rings. The maximum absolute atomic E-state index is 3.57. The van der Waals surface area contributed by atoms with Crippen LogP contribution in [0.5, 0.6) is 0 Å². The first kappa shape index (κ1) is 10.8. The quantitative estimate of drug-likeness (QED) is 0.783. The van der Waals surface area contributed by atoms with Gasteiger partial charge in [0.05, 0.1) is 0 Å². The minimum absolute atomic E-state index is 0.265. The Labute approximate surface area is 103 Å². The highest BCUT2D eigenvalue weighted by Gasteiger charge is 2.37. The highest BCUT2D eigenvalue weighted by Crippen LogP contribution is 2.38. The van der Waals surface area contributed by atoms with Crippen LogP contribution < -0.4 is 5.32 Å². The normalized spacial score (nSPS) is 28.7. The average Bonchev–Trinajstić information content (AvgIpc) is 2.70. The summed E-state index contributed by atoms with van der Waals surface area (Å²) in [5, 5.41) is 6.34. The van der Waals surface area contributed by atoms with Crippen LogP contribution in [-0.4, -0.2) is 12.6 Å². The molecule has 0 aromatic heterocycles. The smallest absolute Gasteiger partial charge is 0.0134 e. The fraction of sp³-hybridized carbons (Fsp3) is 0.375. The Hall–Kier alpha value is -1.34. The summed E-state index contributed by atoms with van der Waals surface area (Å²) < 4.78 is 0. The first-order chi connectivity index (χ1) is 8.22. The maximum Gasteiger partial charge on any atom is 0.0134 e. The Balaban J connectivity index is 2.24. The van der Waals surface area contributed by atoms with Crippen LogP contribution in [0.15, 0.2) is 42.5 Å². The van der Waals surface area contributed by atoms with E-state index in [1.807, 2.05) is 0 Å². The zero-order chi connectivity index (χ0) is 11.9. The zero-order valence-electron chi connectivity index (χ0n) is 10.5. The molecule has 0 radical (unpaired) electrons. The molecular weight excluding hydrogens is 206 g/mol. The van der Waals surface area contributed by atoms with Crippen LogP contribution in [-0.2, 0) is 5.41 Å². The van der Waals surface area contributed by atoms with Gasteiger partial charge in [-0.25, -0.2) is 0 Å². The van der Waals surface area contributed by atoms with Crippen molar-refractivity contribution in [2.45, 2.75) is 31.7 Å². The fourth-order valence-corrected chi connectivity index (χ4v) is 3.08. The molecule has 17 heavy (non-hydrogen) atoms.